The summed E-state index contributed by atoms with van der Waals surface area (Å²) >= 11 is 0. The molecule has 0 unspecified atom stereocenters. The van der Waals surface area contributed by atoms with E-state index in [1.54, 1.807) is 6.92 Å². The van der Waals surface area contributed by atoms with Crippen LogP contribution in [-0.2, 0) is 14.3 Å². The smallest absolute Gasteiger partial charge is 0.337 e. The number of aliphatic carboxylic acids is 1. The lowest BCUT2D eigenvalue weighted by atomic mass is 10.1. The standard InChI is InChI=1S/C16H25FO5Si/c1-5-21-12-6-7-13(14(17)10-12)15(16(18)19)22-11-20-8-9-23(2,3)4/h6-7,10,15H,5,8-9,11H2,1-4H3,(H,18,19)/t15-/m1/s1. The van der Waals surface area contributed by atoms with Crippen LogP contribution in [0.5, 0.6) is 5.75 Å². The molecule has 1 aromatic rings. The van der Waals surface area contributed by atoms with Crippen LogP contribution >= 0.6 is 0 Å². The van der Waals surface area contributed by atoms with Crippen molar-refractivity contribution in [1.82, 2.24) is 0 Å². The molecule has 1 N–H and O–H groups in total. The minimum Gasteiger partial charge on any atom is -0.494 e. The highest BCUT2D eigenvalue weighted by Gasteiger charge is 2.24. The molecule has 0 radical (unpaired) electrons. The average molecular weight is 344 g/mol. The second kappa shape index (κ2) is 9.00. The lowest BCUT2D eigenvalue weighted by Crippen LogP contribution is -2.23. The quantitative estimate of drug-likeness (QED) is 0.398. The zero-order valence-electron chi connectivity index (χ0n) is 14.1. The molecule has 23 heavy (non-hydrogen) atoms. The van der Waals surface area contributed by atoms with Gasteiger partial charge in [-0.3, -0.25) is 0 Å². The first-order chi connectivity index (χ1) is 10.7. The molecule has 0 amide bonds. The Morgan fingerprint density at radius 3 is 2.57 bits per heavy atom. The molecule has 0 aliphatic carbocycles. The highest BCUT2D eigenvalue weighted by Crippen LogP contribution is 2.25. The number of carbonyl (C=O) groups is 1. The summed E-state index contributed by atoms with van der Waals surface area (Å²) in [6, 6.07) is 4.99. The minimum atomic E-state index is -1.41. The van der Waals surface area contributed by atoms with E-state index in [0.717, 1.165) is 12.1 Å². The molecule has 0 aliphatic heterocycles. The van der Waals surface area contributed by atoms with Gasteiger partial charge >= 0.3 is 5.97 Å². The van der Waals surface area contributed by atoms with Gasteiger partial charge in [0.25, 0.3) is 0 Å². The highest BCUT2D eigenvalue weighted by atomic mass is 28.3. The monoisotopic (exact) mass is 344 g/mol. The van der Waals surface area contributed by atoms with Gasteiger partial charge in [0.2, 0.25) is 0 Å². The molecule has 0 saturated carbocycles. The summed E-state index contributed by atoms with van der Waals surface area (Å²) in [5.41, 5.74) is -0.0465. The lowest BCUT2D eigenvalue weighted by molar-refractivity contribution is -0.161. The zero-order valence-corrected chi connectivity index (χ0v) is 15.1. The fraction of sp³-hybridized carbons (Fsp3) is 0.562. The molecule has 0 saturated heterocycles. The van der Waals surface area contributed by atoms with E-state index >= 15 is 0 Å². The number of ether oxygens (including phenoxy) is 3. The van der Waals surface area contributed by atoms with E-state index in [1.165, 1.54) is 12.1 Å². The molecule has 5 nitrogen and oxygen atoms in total. The largest absolute Gasteiger partial charge is 0.494 e. The van der Waals surface area contributed by atoms with E-state index in [2.05, 4.69) is 19.6 Å². The van der Waals surface area contributed by atoms with Crippen molar-refractivity contribution in [2.75, 3.05) is 20.0 Å². The Balaban J connectivity index is 2.63. The number of halogens is 1. The fourth-order valence-corrected chi connectivity index (χ4v) is 2.58. The van der Waals surface area contributed by atoms with E-state index in [0.29, 0.717) is 19.0 Å². The van der Waals surface area contributed by atoms with Gasteiger partial charge in [0.1, 0.15) is 18.4 Å². The number of benzene rings is 1. The van der Waals surface area contributed by atoms with E-state index in [-0.39, 0.29) is 12.4 Å². The van der Waals surface area contributed by atoms with Gasteiger partial charge in [-0.05, 0) is 25.1 Å². The first kappa shape index (κ1) is 19.6. The molecule has 1 rings (SSSR count). The van der Waals surface area contributed by atoms with Crippen LogP contribution in [0.2, 0.25) is 25.7 Å². The van der Waals surface area contributed by atoms with Gasteiger partial charge in [-0.15, -0.1) is 0 Å². The Morgan fingerprint density at radius 1 is 1.35 bits per heavy atom. The van der Waals surface area contributed by atoms with E-state index in [9.17, 15) is 14.3 Å². The molecule has 0 bridgehead atoms. The summed E-state index contributed by atoms with van der Waals surface area (Å²) in [6.45, 7) is 9.16. The highest BCUT2D eigenvalue weighted by molar-refractivity contribution is 6.76. The third-order valence-corrected chi connectivity index (χ3v) is 4.81. The molecule has 0 spiro atoms. The third-order valence-electron chi connectivity index (χ3n) is 3.10. The Bertz CT molecular complexity index is 516. The van der Waals surface area contributed by atoms with Crippen LogP contribution in [0, 0.1) is 5.82 Å². The van der Waals surface area contributed by atoms with Crippen LogP contribution in [0.15, 0.2) is 18.2 Å². The van der Waals surface area contributed by atoms with Crippen LogP contribution < -0.4 is 4.74 Å². The van der Waals surface area contributed by atoms with Crippen molar-refractivity contribution in [3.63, 3.8) is 0 Å². The normalized spacial score (nSPS) is 12.9. The second-order valence-corrected chi connectivity index (χ2v) is 12.0. The molecule has 130 valence electrons. The van der Waals surface area contributed by atoms with Crippen molar-refractivity contribution in [3.8, 4) is 5.75 Å². The lowest BCUT2D eigenvalue weighted by Gasteiger charge is -2.18. The first-order valence-electron chi connectivity index (χ1n) is 7.59. The van der Waals surface area contributed by atoms with Crippen molar-refractivity contribution in [2.24, 2.45) is 0 Å². The molecule has 0 aromatic heterocycles. The maximum atomic E-state index is 14.1. The van der Waals surface area contributed by atoms with Gasteiger partial charge in [-0.1, -0.05) is 19.6 Å². The fourth-order valence-electron chi connectivity index (χ4n) is 1.82. The summed E-state index contributed by atoms with van der Waals surface area (Å²) in [4.78, 5) is 11.3. The predicted molar refractivity (Wildman–Crippen MR) is 88.0 cm³/mol. The van der Waals surface area contributed by atoms with Gasteiger partial charge in [-0.2, -0.15) is 0 Å². The van der Waals surface area contributed by atoms with Gasteiger partial charge in [-0.25, -0.2) is 9.18 Å². The third kappa shape index (κ3) is 7.11. The molecule has 1 aromatic carbocycles. The van der Waals surface area contributed by atoms with Crippen LogP contribution in [-0.4, -0.2) is 39.2 Å². The average Bonchev–Trinajstić information content (AvgIpc) is 2.43. The molecule has 0 heterocycles. The number of carboxylic acids is 1. The van der Waals surface area contributed by atoms with Crippen molar-refractivity contribution >= 4 is 14.0 Å². The Morgan fingerprint density at radius 2 is 2.04 bits per heavy atom. The van der Waals surface area contributed by atoms with Crippen molar-refractivity contribution in [3.05, 3.63) is 29.6 Å². The second-order valence-electron chi connectivity index (χ2n) is 6.34. The Kier molecular flexibility index (Phi) is 7.67. The summed E-state index contributed by atoms with van der Waals surface area (Å²) < 4.78 is 29.7. The summed E-state index contributed by atoms with van der Waals surface area (Å²) in [5, 5.41) is 9.24. The van der Waals surface area contributed by atoms with Crippen molar-refractivity contribution in [1.29, 1.82) is 0 Å². The van der Waals surface area contributed by atoms with Crippen molar-refractivity contribution in [2.45, 2.75) is 38.7 Å². The van der Waals surface area contributed by atoms with Crippen LogP contribution in [0.4, 0.5) is 4.39 Å². The van der Waals surface area contributed by atoms with Crippen LogP contribution in [0.1, 0.15) is 18.6 Å². The number of hydrogen-bond acceptors (Lipinski definition) is 4. The predicted octanol–water partition coefficient (Wildman–Crippen LogP) is 3.68. The van der Waals surface area contributed by atoms with Crippen LogP contribution in [0.3, 0.4) is 0 Å². The first-order valence-corrected chi connectivity index (χ1v) is 11.3. The van der Waals surface area contributed by atoms with Crippen LogP contribution in [0.25, 0.3) is 0 Å². The van der Waals surface area contributed by atoms with E-state index < -0.39 is 26.0 Å². The number of hydrogen-bond donors (Lipinski definition) is 1. The van der Waals surface area contributed by atoms with Gasteiger partial charge in [0, 0.05) is 26.3 Å². The summed E-state index contributed by atoms with van der Waals surface area (Å²) in [5.74, 6) is -1.59. The topological polar surface area (TPSA) is 65.0 Å². The molecule has 1 atom stereocenters. The van der Waals surface area contributed by atoms with Gasteiger partial charge in [0.05, 0.1) is 6.61 Å². The van der Waals surface area contributed by atoms with Gasteiger partial charge < -0.3 is 19.3 Å². The molecular weight excluding hydrogens is 319 g/mol. The summed E-state index contributed by atoms with van der Waals surface area (Å²) in [6.07, 6.45) is -1.41. The molecule has 0 aliphatic rings. The number of rotatable bonds is 10. The SMILES string of the molecule is CCOc1ccc([C@@H](OCOCC[Si](C)(C)C)C(=O)O)c(F)c1. The van der Waals surface area contributed by atoms with Gasteiger partial charge in [0.15, 0.2) is 6.10 Å². The van der Waals surface area contributed by atoms with E-state index in [4.69, 9.17) is 14.2 Å². The minimum absolute atomic E-state index is 0.0465. The maximum Gasteiger partial charge on any atom is 0.337 e. The number of carboxylic acid groups (broad SMARTS) is 1. The Labute approximate surface area is 137 Å². The Hall–Kier alpha value is -1.44. The zero-order chi connectivity index (χ0) is 17.5. The molecule has 0 fully saturated rings. The van der Waals surface area contributed by atoms with Crippen molar-refractivity contribution < 1.29 is 28.5 Å². The summed E-state index contributed by atoms with van der Waals surface area (Å²) in [7, 11) is -1.21. The maximum absolute atomic E-state index is 14.1. The molecular formula is C16H25FO5Si. The molecule has 7 heteroatoms. The van der Waals surface area contributed by atoms with E-state index in [1.807, 2.05) is 0 Å².